The van der Waals surface area contributed by atoms with Gasteiger partial charge in [0, 0.05) is 18.0 Å². The van der Waals surface area contributed by atoms with E-state index in [1.54, 1.807) is 4.57 Å². The minimum atomic E-state index is 0.0678. The third-order valence-electron chi connectivity index (χ3n) is 4.96. The minimum absolute atomic E-state index is 0.0678. The van der Waals surface area contributed by atoms with Gasteiger partial charge >= 0.3 is 0 Å². The molecule has 2 nitrogen and oxygen atoms in total. The third kappa shape index (κ3) is 4.82. The zero-order valence-corrected chi connectivity index (χ0v) is 14.7. The molecule has 0 spiro atoms. The number of aromatic nitrogens is 1. The van der Waals surface area contributed by atoms with Crippen LogP contribution in [0, 0.1) is 5.92 Å². The zero-order valence-electron chi connectivity index (χ0n) is 14.7. The van der Waals surface area contributed by atoms with Crippen LogP contribution >= 0.6 is 0 Å². The molecule has 2 atom stereocenters. The molecule has 1 fully saturated rings. The molecule has 1 aliphatic rings. The second kappa shape index (κ2) is 8.14. The van der Waals surface area contributed by atoms with E-state index in [-0.39, 0.29) is 5.56 Å². The van der Waals surface area contributed by atoms with Crippen molar-refractivity contribution in [3.63, 3.8) is 0 Å². The summed E-state index contributed by atoms with van der Waals surface area (Å²) in [5.74, 6) is 1.37. The molecule has 0 saturated heterocycles. The molecule has 124 valence electrons. The fourth-order valence-corrected chi connectivity index (χ4v) is 3.26. The Morgan fingerprint density at radius 1 is 1.22 bits per heavy atom. The van der Waals surface area contributed by atoms with Crippen molar-refractivity contribution in [2.75, 3.05) is 0 Å². The van der Waals surface area contributed by atoms with Gasteiger partial charge in [-0.25, -0.2) is 0 Å². The number of hydrogen-bond acceptors (Lipinski definition) is 1. The molecule has 1 heterocycles. The monoisotopic (exact) mass is 311 g/mol. The highest BCUT2D eigenvalue weighted by Crippen LogP contribution is 2.33. The number of rotatable bonds is 4. The largest absolute Gasteiger partial charge is 0.288 e. The Kier molecular flexibility index (Phi) is 6.20. The maximum Gasteiger partial charge on any atom is 0.255 e. The van der Waals surface area contributed by atoms with Gasteiger partial charge < -0.3 is 0 Å². The van der Waals surface area contributed by atoms with Crippen molar-refractivity contribution >= 4 is 5.70 Å². The summed E-state index contributed by atoms with van der Waals surface area (Å²) in [4.78, 5) is 12.5. The van der Waals surface area contributed by atoms with Crippen LogP contribution in [0.3, 0.4) is 0 Å². The molecule has 0 aromatic carbocycles. The fourth-order valence-electron chi connectivity index (χ4n) is 3.26. The number of hydrogen-bond donors (Lipinski definition) is 0. The molecular formula is C21H29NO. The second-order valence-electron chi connectivity index (χ2n) is 6.90. The summed E-state index contributed by atoms with van der Waals surface area (Å²) in [6, 6.07) is 3.96. The summed E-state index contributed by atoms with van der Waals surface area (Å²) in [7, 11) is 0. The van der Waals surface area contributed by atoms with Crippen LogP contribution in [-0.4, -0.2) is 4.57 Å². The van der Waals surface area contributed by atoms with Crippen LogP contribution in [0.4, 0.5) is 0 Å². The van der Waals surface area contributed by atoms with E-state index in [2.05, 4.69) is 19.6 Å². The Morgan fingerprint density at radius 2 is 2.00 bits per heavy atom. The van der Waals surface area contributed by atoms with Gasteiger partial charge in [0.05, 0.1) is 0 Å². The topological polar surface area (TPSA) is 22.0 Å². The van der Waals surface area contributed by atoms with Crippen molar-refractivity contribution in [3.05, 3.63) is 64.6 Å². The summed E-state index contributed by atoms with van der Waals surface area (Å²) < 4.78 is 1.72. The van der Waals surface area contributed by atoms with Crippen LogP contribution in [0.2, 0.25) is 0 Å². The van der Waals surface area contributed by atoms with Crippen LogP contribution in [0.15, 0.2) is 53.5 Å². The van der Waals surface area contributed by atoms with Crippen molar-refractivity contribution in [3.8, 4) is 0 Å². The number of pyridine rings is 1. The van der Waals surface area contributed by atoms with Crippen LogP contribution in [-0.2, 0) is 0 Å². The van der Waals surface area contributed by atoms with Crippen molar-refractivity contribution in [1.29, 1.82) is 0 Å². The lowest BCUT2D eigenvalue weighted by molar-refractivity contribution is 0.499. The molecule has 0 radical (unpaired) electrons. The molecule has 1 aromatic heterocycles. The molecule has 2 rings (SSSR count). The zero-order chi connectivity index (χ0) is 16.8. The average molecular weight is 311 g/mol. The van der Waals surface area contributed by atoms with E-state index in [1.807, 2.05) is 44.3 Å². The summed E-state index contributed by atoms with van der Waals surface area (Å²) in [5, 5.41) is 0. The van der Waals surface area contributed by atoms with Crippen molar-refractivity contribution < 1.29 is 0 Å². The Labute approximate surface area is 140 Å². The lowest BCUT2D eigenvalue weighted by Crippen LogP contribution is -2.18. The second-order valence-corrected chi connectivity index (χ2v) is 6.90. The maximum atomic E-state index is 12.5. The van der Waals surface area contributed by atoms with E-state index in [9.17, 15) is 4.79 Å². The average Bonchev–Trinajstić information content (AvgIpc) is 2.76. The van der Waals surface area contributed by atoms with Gasteiger partial charge in [0.1, 0.15) is 0 Å². The van der Waals surface area contributed by atoms with E-state index < -0.39 is 0 Å². The highest BCUT2D eigenvalue weighted by atomic mass is 16.1. The molecular weight excluding hydrogens is 282 g/mol. The van der Waals surface area contributed by atoms with Gasteiger partial charge in [0.2, 0.25) is 0 Å². The van der Waals surface area contributed by atoms with Gasteiger partial charge in [-0.15, -0.1) is 0 Å². The molecule has 0 amide bonds. The van der Waals surface area contributed by atoms with Crippen molar-refractivity contribution in [1.82, 2.24) is 4.57 Å². The van der Waals surface area contributed by atoms with Crippen molar-refractivity contribution in [2.45, 2.75) is 58.8 Å². The molecule has 23 heavy (non-hydrogen) atoms. The lowest BCUT2D eigenvalue weighted by atomic mass is 9.92. The quantitative estimate of drug-likeness (QED) is 0.529. The Bertz CT molecular complexity index is 663. The van der Waals surface area contributed by atoms with Gasteiger partial charge in [-0.3, -0.25) is 9.36 Å². The summed E-state index contributed by atoms with van der Waals surface area (Å²) in [6.07, 6.45) is 14.0. The van der Waals surface area contributed by atoms with Gasteiger partial charge in [-0.1, -0.05) is 50.5 Å². The van der Waals surface area contributed by atoms with Crippen LogP contribution < -0.4 is 5.56 Å². The molecule has 0 N–H and O–H groups in total. The van der Waals surface area contributed by atoms with E-state index in [0.717, 1.165) is 17.2 Å². The Morgan fingerprint density at radius 3 is 2.70 bits per heavy atom. The van der Waals surface area contributed by atoms with Crippen LogP contribution in [0.25, 0.3) is 5.70 Å². The third-order valence-corrected chi connectivity index (χ3v) is 4.96. The Hall–Kier alpha value is -1.83. The highest BCUT2D eigenvalue weighted by molar-refractivity contribution is 5.47. The van der Waals surface area contributed by atoms with Gasteiger partial charge in [-0.05, 0) is 56.2 Å². The predicted octanol–water partition coefficient (Wildman–Crippen LogP) is 5.53. The van der Waals surface area contributed by atoms with E-state index >= 15 is 0 Å². The fraction of sp³-hybridized carbons (Fsp3) is 0.476. The SMILES string of the molecule is C=CC(C)=C/C=C(\C)n1ccc(C2CCCC(C)CC2)cc1=O. The minimum Gasteiger partial charge on any atom is -0.288 e. The molecule has 2 unspecified atom stereocenters. The van der Waals surface area contributed by atoms with Crippen LogP contribution in [0.5, 0.6) is 0 Å². The number of nitrogens with zero attached hydrogens (tertiary/aromatic N) is 1. The predicted molar refractivity (Wildman–Crippen MR) is 99.6 cm³/mol. The smallest absolute Gasteiger partial charge is 0.255 e. The first-order chi connectivity index (χ1) is 11.0. The normalized spacial score (nSPS) is 23.4. The van der Waals surface area contributed by atoms with E-state index in [1.165, 1.54) is 37.7 Å². The first-order valence-electron chi connectivity index (χ1n) is 8.72. The van der Waals surface area contributed by atoms with Gasteiger partial charge in [-0.2, -0.15) is 0 Å². The lowest BCUT2D eigenvalue weighted by Gasteiger charge is -2.15. The van der Waals surface area contributed by atoms with Gasteiger partial charge in [0.15, 0.2) is 0 Å². The van der Waals surface area contributed by atoms with Crippen LogP contribution in [0.1, 0.15) is 64.4 Å². The standard InChI is InChI=1S/C21H29NO/c1-5-16(2)9-11-18(4)22-14-13-20(15-21(22)23)19-8-6-7-17(3)10-12-19/h5,9,11,13-15,17,19H,1,6-8,10,12H2,2-4H3/b16-9?,18-11+. The van der Waals surface area contributed by atoms with E-state index in [0.29, 0.717) is 5.92 Å². The molecule has 0 bridgehead atoms. The molecule has 1 aromatic rings. The maximum absolute atomic E-state index is 12.5. The first kappa shape index (κ1) is 17.5. The summed E-state index contributed by atoms with van der Waals surface area (Å²) >= 11 is 0. The number of allylic oxidation sites excluding steroid dienone is 5. The van der Waals surface area contributed by atoms with Crippen molar-refractivity contribution in [2.24, 2.45) is 5.92 Å². The first-order valence-corrected chi connectivity index (χ1v) is 8.72. The highest BCUT2D eigenvalue weighted by Gasteiger charge is 2.18. The summed E-state index contributed by atoms with van der Waals surface area (Å²) in [5.41, 5.74) is 3.29. The molecule has 0 aliphatic heterocycles. The summed E-state index contributed by atoms with van der Waals surface area (Å²) in [6.45, 7) is 10.0. The van der Waals surface area contributed by atoms with Gasteiger partial charge in [0.25, 0.3) is 5.56 Å². The molecule has 2 heteroatoms. The molecule has 1 saturated carbocycles. The Balaban J connectivity index is 2.20. The van der Waals surface area contributed by atoms with E-state index in [4.69, 9.17) is 0 Å². The molecule has 1 aliphatic carbocycles.